The van der Waals surface area contributed by atoms with Crippen LogP contribution >= 0.6 is 0 Å². The second-order valence-corrected chi connectivity index (χ2v) is 5.15. The van der Waals surface area contributed by atoms with Crippen molar-refractivity contribution in [1.82, 2.24) is 0 Å². The summed E-state index contributed by atoms with van der Waals surface area (Å²) in [5, 5.41) is 10.5. The van der Waals surface area contributed by atoms with Crippen molar-refractivity contribution >= 4 is 15.8 Å². The van der Waals surface area contributed by atoms with Gasteiger partial charge in [0.1, 0.15) is 10.6 Å². The Kier molecular flexibility index (Phi) is 3.48. The summed E-state index contributed by atoms with van der Waals surface area (Å²) in [5.74, 6) is 0.181. The maximum atomic E-state index is 11.9. The minimum absolute atomic E-state index is 0.137. The Hall–Kier alpha value is -2.41. The van der Waals surface area contributed by atoms with E-state index in [1.807, 2.05) is 0 Å². The third-order valence-corrected chi connectivity index (χ3v) is 3.55. The Labute approximate surface area is 109 Å². The molecule has 0 unspecified atom stereocenters. The Morgan fingerprint density at radius 2 is 1.53 bits per heavy atom. The largest absolute Gasteiger partial charge is 0.379 e. The predicted octanol–water partition coefficient (Wildman–Crippen LogP) is 2.36. The third kappa shape index (κ3) is 3.08. The van der Waals surface area contributed by atoms with Gasteiger partial charge in [-0.1, -0.05) is 18.2 Å². The molecule has 19 heavy (non-hydrogen) atoms. The molecule has 0 aliphatic carbocycles. The van der Waals surface area contributed by atoms with Crippen LogP contribution in [0.2, 0.25) is 0 Å². The molecule has 0 spiro atoms. The summed E-state index contributed by atoms with van der Waals surface area (Å²) in [4.78, 5) is 9.74. The molecule has 0 aromatic heterocycles. The number of nitro groups is 1. The zero-order chi connectivity index (χ0) is 13.9. The number of hydrogen-bond donors (Lipinski definition) is 0. The number of para-hydroxylation sites is 1. The van der Waals surface area contributed by atoms with Crippen LogP contribution in [0.5, 0.6) is 5.75 Å². The quantitative estimate of drug-likeness (QED) is 0.487. The normalized spacial score (nSPS) is 10.9. The van der Waals surface area contributed by atoms with E-state index < -0.39 is 15.0 Å². The number of rotatable bonds is 4. The number of nitrogens with zero attached hydrogens (tertiary/aromatic N) is 1. The zero-order valence-corrected chi connectivity index (χ0v) is 10.4. The molecular weight excluding hydrogens is 270 g/mol. The van der Waals surface area contributed by atoms with Gasteiger partial charge in [-0.2, -0.15) is 8.42 Å². The molecule has 2 aromatic carbocycles. The lowest BCUT2D eigenvalue weighted by molar-refractivity contribution is -0.384. The highest BCUT2D eigenvalue weighted by Gasteiger charge is 2.17. The molecule has 0 radical (unpaired) electrons. The predicted molar refractivity (Wildman–Crippen MR) is 67.4 cm³/mol. The molecule has 0 bridgehead atoms. The van der Waals surface area contributed by atoms with Crippen molar-refractivity contribution in [3.05, 3.63) is 64.7 Å². The maximum Gasteiger partial charge on any atom is 0.339 e. The minimum atomic E-state index is -3.98. The molecule has 0 saturated carbocycles. The van der Waals surface area contributed by atoms with Crippen LogP contribution in [-0.4, -0.2) is 13.3 Å². The van der Waals surface area contributed by atoms with Crippen molar-refractivity contribution < 1.29 is 17.5 Å². The highest BCUT2D eigenvalue weighted by Crippen LogP contribution is 2.20. The van der Waals surface area contributed by atoms with Gasteiger partial charge in [0.2, 0.25) is 0 Å². The van der Waals surface area contributed by atoms with Crippen LogP contribution in [-0.2, 0) is 10.1 Å². The van der Waals surface area contributed by atoms with Crippen molar-refractivity contribution in [2.24, 2.45) is 0 Å². The van der Waals surface area contributed by atoms with Crippen LogP contribution in [0.3, 0.4) is 0 Å². The van der Waals surface area contributed by atoms with Gasteiger partial charge in [-0.25, -0.2) is 0 Å². The Morgan fingerprint density at radius 3 is 2.05 bits per heavy atom. The third-order valence-electron chi connectivity index (χ3n) is 2.29. The van der Waals surface area contributed by atoms with Crippen LogP contribution in [0.25, 0.3) is 0 Å². The summed E-state index contributed by atoms with van der Waals surface area (Å²) >= 11 is 0. The summed E-state index contributed by atoms with van der Waals surface area (Å²) < 4.78 is 28.7. The van der Waals surface area contributed by atoms with E-state index in [1.165, 1.54) is 12.1 Å². The van der Waals surface area contributed by atoms with Gasteiger partial charge in [0.15, 0.2) is 0 Å². The highest BCUT2D eigenvalue weighted by atomic mass is 32.2. The van der Waals surface area contributed by atoms with Crippen molar-refractivity contribution in [2.45, 2.75) is 4.90 Å². The fourth-order valence-corrected chi connectivity index (χ4v) is 2.32. The van der Waals surface area contributed by atoms with Crippen molar-refractivity contribution in [2.75, 3.05) is 0 Å². The Balaban J connectivity index is 2.27. The smallest absolute Gasteiger partial charge is 0.339 e. The van der Waals surface area contributed by atoms with Crippen LogP contribution in [0.15, 0.2) is 59.5 Å². The first-order valence-electron chi connectivity index (χ1n) is 5.23. The summed E-state index contributed by atoms with van der Waals surface area (Å²) in [7, 11) is -3.98. The fourth-order valence-electron chi connectivity index (χ4n) is 1.39. The first-order valence-corrected chi connectivity index (χ1v) is 6.64. The van der Waals surface area contributed by atoms with E-state index in [0.29, 0.717) is 0 Å². The number of hydrogen-bond acceptors (Lipinski definition) is 5. The standard InChI is InChI=1S/C12H9NO5S/c14-13(15)10-6-8-12(9-7-10)19(16,17)18-11-4-2-1-3-5-11/h1-9H. The monoisotopic (exact) mass is 279 g/mol. The lowest BCUT2D eigenvalue weighted by atomic mass is 10.3. The Morgan fingerprint density at radius 1 is 0.947 bits per heavy atom. The maximum absolute atomic E-state index is 11.9. The first-order chi connectivity index (χ1) is 8.99. The topological polar surface area (TPSA) is 86.5 Å². The van der Waals surface area contributed by atoms with Gasteiger partial charge in [-0.15, -0.1) is 0 Å². The average molecular weight is 279 g/mol. The van der Waals surface area contributed by atoms with Gasteiger partial charge in [-0.3, -0.25) is 10.1 Å². The summed E-state index contributed by atoms with van der Waals surface area (Å²) in [6, 6.07) is 12.5. The summed E-state index contributed by atoms with van der Waals surface area (Å²) in [5.41, 5.74) is -0.182. The first kappa shape index (κ1) is 13.0. The van der Waals surface area contributed by atoms with Crippen molar-refractivity contribution in [1.29, 1.82) is 0 Å². The lowest BCUT2D eigenvalue weighted by Crippen LogP contribution is -2.09. The average Bonchev–Trinajstić information content (AvgIpc) is 2.39. The molecule has 98 valence electrons. The Bertz CT molecular complexity index is 680. The van der Waals surface area contributed by atoms with Gasteiger partial charge in [0, 0.05) is 12.1 Å². The van der Waals surface area contributed by atoms with Crippen molar-refractivity contribution in [3.63, 3.8) is 0 Å². The lowest BCUT2D eigenvalue weighted by Gasteiger charge is -2.06. The van der Waals surface area contributed by atoms with Crippen LogP contribution < -0.4 is 4.18 Å². The fraction of sp³-hybridized carbons (Fsp3) is 0. The molecule has 0 heterocycles. The van der Waals surface area contributed by atoms with E-state index >= 15 is 0 Å². The van der Waals surface area contributed by atoms with E-state index in [4.69, 9.17) is 4.18 Å². The molecule has 0 aliphatic rings. The van der Waals surface area contributed by atoms with Crippen LogP contribution in [0, 0.1) is 10.1 Å². The molecular formula is C12H9NO5S. The molecule has 0 amide bonds. The molecule has 6 nitrogen and oxygen atoms in total. The van der Waals surface area contributed by atoms with E-state index in [9.17, 15) is 18.5 Å². The van der Waals surface area contributed by atoms with Gasteiger partial charge in [0.05, 0.1) is 4.92 Å². The van der Waals surface area contributed by atoms with E-state index in [1.54, 1.807) is 18.2 Å². The number of benzene rings is 2. The van der Waals surface area contributed by atoms with Crippen LogP contribution in [0.1, 0.15) is 0 Å². The SMILES string of the molecule is O=[N+]([O-])c1ccc(S(=O)(=O)Oc2ccccc2)cc1. The molecule has 0 atom stereocenters. The second kappa shape index (κ2) is 5.07. The molecule has 2 aromatic rings. The highest BCUT2D eigenvalue weighted by molar-refractivity contribution is 7.87. The molecule has 2 rings (SSSR count). The molecule has 0 saturated heterocycles. The molecule has 0 fully saturated rings. The molecule has 0 aliphatic heterocycles. The summed E-state index contributed by atoms with van der Waals surface area (Å²) in [6.07, 6.45) is 0. The van der Waals surface area contributed by atoms with Crippen LogP contribution in [0.4, 0.5) is 5.69 Å². The van der Waals surface area contributed by atoms with E-state index in [2.05, 4.69) is 0 Å². The van der Waals surface area contributed by atoms with Gasteiger partial charge in [0.25, 0.3) is 5.69 Å². The molecule has 7 heteroatoms. The van der Waals surface area contributed by atoms with Gasteiger partial charge in [-0.05, 0) is 24.3 Å². The number of nitro benzene ring substituents is 1. The molecule has 0 N–H and O–H groups in total. The zero-order valence-electron chi connectivity index (χ0n) is 9.59. The van der Waals surface area contributed by atoms with Crippen molar-refractivity contribution in [3.8, 4) is 5.75 Å². The minimum Gasteiger partial charge on any atom is -0.379 e. The summed E-state index contributed by atoms with van der Waals surface area (Å²) in [6.45, 7) is 0. The second-order valence-electron chi connectivity index (χ2n) is 3.60. The van der Waals surface area contributed by atoms with E-state index in [0.717, 1.165) is 24.3 Å². The van der Waals surface area contributed by atoms with Gasteiger partial charge < -0.3 is 4.18 Å². The van der Waals surface area contributed by atoms with E-state index in [-0.39, 0.29) is 16.3 Å². The van der Waals surface area contributed by atoms with Gasteiger partial charge >= 0.3 is 10.1 Å². The number of non-ortho nitro benzene ring substituents is 1.